The summed E-state index contributed by atoms with van der Waals surface area (Å²) in [5, 5.41) is 16.6. The summed E-state index contributed by atoms with van der Waals surface area (Å²) in [4.78, 5) is 47.1. The maximum Gasteiger partial charge on any atom is 0.326 e. The molecule has 0 bridgehead atoms. The molecule has 144 valence electrons. The molecule has 3 amide bonds. The van der Waals surface area contributed by atoms with Gasteiger partial charge in [-0.25, -0.2) is 4.79 Å². The number of carboxylic acid groups (broad SMARTS) is 1. The number of hydrogen-bond donors (Lipinski definition) is 5. The topological polar surface area (TPSA) is 151 Å². The molecular formula is C16H30N4O5. The molecule has 0 aromatic carbocycles. The van der Waals surface area contributed by atoms with Gasteiger partial charge in [0.25, 0.3) is 0 Å². The van der Waals surface area contributed by atoms with Crippen LogP contribution in [0.1, 0.15) is 41.0 Å². The fourth-order valence-corrected chi connectivity index (χ4v) is 2.13. The van der Waals surface area contributed by atoms with E-state index in [1.165, 1.54) is 6.92 Å². The van der Waals surface area contributed by atoms with Gasteiger partial charge in [0.2, 0.25) is 17.7 Å². The molecule has 0 saturated carbocycles. The van der Waals surface area contributed by atoms with Crippen LogP contribution < -0.4 is 21.7 Å². The molecule has 9 nitrogen and oxygen atoms in total. The SMILES string of the molecule is CC(C)CC(NC(=O)C(NC(=O)C(C)NC(=O)CN)C(C)C)C(=O)O. The van der Waals surface area contributed by atoms with E-state index in [1.807, 2.05) is 13.8 Å². The van der Waals surface area contributed by atoms with E-state index < -0.39 is 41.8 Å². The monoisotopic (exact) mass is 358 g/mol. The van der Waals surface area contributed by atoms with Crippen molar-refractivity contribution in [2.75, 3.05) is 6.54 Å². The van der Waals surface area contributed by atoms with Crippen molar-refractivity contribution in [3.8, 4) is 0 Å². The minimum Gasteiger partial charge on any atom is -0.480 e. The van der Waals surface area contributed by atoms with Gasteiger partial charge in [-0.1, -0.05) is 27.7 Å². The number of carbonyl (C=O) groups is 4. The lowest BCUT2D eigenvalue weighted by atomic mass is 10.00. The standard InChI is InChI=1S/C16H30N4O5/c1-8(2)6-11(16(24)25)19-15(23)13(9(3)4)20-14(22)10(5)18-12(21)7-17/h8-11,13H,6-7,17H2,1-5H3,(H,18,21)(H,19,23)(H,20,22)(H,24,25). The maximum atomic E-state index is 12.4. The third-order valence-corrected chi connectivity index (χ3v) is 3.52. The molecule has 6 N–H and O–H groups in total. The highest BCUT2D eigenvalue weighted by Crippen LogP contribution is 2.08. The lowest BCUT2D eigenvalue weighted by molar-refractivity contribution is -0.143. The molecule has 3 atom stereocenters. The van der Waals surface area contributed by atoms with Gasteiger partial charge in [0, 0.05) is 0 Å². The molecule has 0 aliphatic rings. The highest BCUT2D eigenvalue weighted by atomic mass is 16.4. The summed E-state index contributed by atoms with van der Waals surface area (Å²) in [5.41, 5.74) is 5.18. The van der Waals surface area contributed by atoms with Crippen molar-refractivity contribution in [2.24, 2.45) is 17.6 Å². The molecule has 0 rings (SSSR count). The van der Waals surface area contributed by atoms with Crippen molar-refractivity contribution in [1.29, 1.82) is 0 Å². The smallest absolute Gasteiger partial charge is 0.326 e. The Labute approximate surface area is 148 Å². The zero-order valence-corrected chi connectivity index (χ0v) is 15.5. The molecule has 0 fully saturated rings. The molecule has 0 radical (unpaired) electrons. The second-order valence-electron chi connectivity index (χ2n) is 6.75. The molecule has 0 aromatic rings. The van der Waals surface area contributed by atoms with E-state index in [2.05, 4.69) is 16.0 Å². The minimum absolute atomic E-state index is 0.0833. The second-order valence-corrected chi connectivity index (χ2v) is 6.75. The molecule has 0 saturated heterocycles. The van der Waals surface area contributed by atoms with Crippen molar-refractivity contribution in [3.63, 3.8) is 0 Å². The number of carbonyl (C=O) groups excluding carboxylic acids is 3. The molecular weight excluding hydrogens is 328 g/mol. The fourth-order valence-electron chi connectivity index (χ4n) is 2.13. The summed E-state index contributed by atoms with van der Waals surface area (Å²) in [6.07, 6.45) is 0.281. The zero-order valence-electron chi connectivity index (χ0n) is 15.5. The van der Waals surface area contributed by atoms with Crippen molar-refractivity contribution < 1.29 is 24.3 Å². The van der Waals surface area contributed by atoms with Crippen LogP contribution in [0.25, 0.3) is 0 Å². The van der Waals surface area contributed by atoms with Gasteiger partial charge in [0.15, 0.2) is 0 Å². The molecule has 0 aliphatic heterocycles. The van der Waals surface area contributed by atoms with Crippen LogP contribution in [0, 0.1) is 11.8 Å². The van der Waals surface area contributed by atoms with Crippen molar-refractivity contribution in [3.05, 3.63) is 0 Å². The van der Waals surface area contributed by atoms with Crippen LogP contribution in [0.3, 0.4) is 0 Å². The third kappa shape index (κ3) is 8.48. The average Bonchev–Trinajstić information content (AvgIpc) is 2.50. The number of hydrogen-bond acceptors (Lipinski definition) is 5. The van der Waals surface area contributed by atoms with E-state index in [1.54, 1.807) is 13.8 Å². The molecule has 3 unspecified atom stereocenters. The summed E-state index contributed by atoms with van der Waals surface area (Å²) < 4.78 is 0. The number of nitrogens with two attached hydrogens (primary N) is 1. The molecule has 0 aliphatic carbocycles. The van der Waals surface area contributed by atoms with Gasteiger partial charge in [0.05, 0.1) is 6.54 Å². The first-order valence-electron chi connectivity index (χ1n) is 8.32. The van der Waals surface area contributed by atoms with Gasteiger partial charge in [0.1, 0.15) is 18.1 Å². The van der Waals surface area contributed by atoms with Crippen molar-refractivity contribution in [2.45, 2.75) is 59.2 Å². The first-order valence-corrected chi connectivity index (χ1v) is 8.32. The second kappa shape index (κ2) is 10.7. The van der Waals surface area contributed by atoms with Crippen LogP contribution in [0.4, 0.5) is 0 Å². The molecule has 0 spiro atoms. The van der Waals surface area contributed by atoms with E-state index in [0.29, 0.717) is 0 Å². The third-order valence-electron chi connectivity index (χ3n) is 3.52. The van der Waals surface area contributed by atoms with Gasteiger partial charge in [-0.2, -0.15) is 0 Å². The van der Waals surface area contributed by atoms with E-state index in [0.717, 1.165) is 0 Å². The number of aliphatic carboxylic acids is 1. The highest BCUT2D eigenvalue weighted by Gasteiger charge is 2.30. The van der Waals surface area contributed by atoms with Crippen LogP contribution in [0.15, 0.2) is 0 Å². The Kier molecular flexibility index (Phi) is 9.73. The number of carboxylic acids is 1. The predicted molar refractivity (Wildman–Crippen MR) is 92.4 cm³/mol. The summed E-state index contributed by atoms with van der Waals surface area (Å²) in [6, 6.07) is -2.81. The Bertz CT molecular complexity index is 493. The predicted octanol–water partition coefficient (Wildman–Crippen LogP) is -0.794. The first kappa shape index (κ1) is 22.8. The zero-order chi connectivity index (χ0) is 19.7. The van der Waals surface area contributed by atoms with Crippen LogP contribution in [-0.2, 0) is 19.2 Å². The maximum absolute atomic E-state index is 12.4. The van der Waals surface area contributed by atoms with Gasteiger partial charge < -0.3 is 26.8 Å². The van der Waals surface area contributed by atoms with Gasteiger partial charge in [-0.05, 0) is 25.2 Å². The van der Waals surface area contributed by atoms with E-state index in [9.17, 15) is 24.3 Å². The summed E-state index contributed by atoms with van der Waals surface area (Å²) in [6.45, 7) is 8.38. The van der Waals surface area contributed by atoms with Gasteiger partial charge in [-0.15, -0.1) is 0 Å². The molecule has 25 heavy (non-hydrogen) atoms. The summed E-state index contributed by atoms with van der Waals surface area (Å²) >= 11 is 0. The Morgan fingerprint density at radius 2 is 1.48 bits per heavy atom. The normalized spacial score (nSPS) is 14.6. The molecule has 0 aromatic heterocycles. The summed E-state index contributed by atoms with van der Waals surface area (Å²) in [7, 11) is 0. The fraction of sp³-hybridized carbons (Fsp3) is 0.750. The van der Waals surface area contributed by atoms with E-state index in [4.69, 9.17) is 5.73 Å². The van der Waals surface area contributed by atoms with Crippen molar-refractivity contribution in [1.82, 2.24) is 16.0 Å². The lowest BCUT2D eigenvalue weighted by Crippen LogP contribution is -2.57. The van der Waals surface area contributed by atoms with Crippen LogP contribution in [0.5, 0.6) is 0 Å². The van der Waals surface area contributed by atoms with Gasteiger partial charge >= 0.3 is 5.97 Å². The average molecular weight is 358 g/mol. The Hall–Kier alpha value is -2.16. The van der Waals surface area contributed by atoms with E-state index >= 15 is 0 Å². The van der Waals surface area contributed by atoms with Crippen molar-refractivity contribution >= 4 is 23.7 Å². The number of nitrogens with one attached hydrogen (secondary N) is 3. The Balaban J connectivity index is 4.97. The van der Waals surface area contributed by atoms with Gasteiger partial charge in [-0.3, -0.25) is 14.4 Å². The quantitative estimate of drug-likeness (QED) is 0.345. The number of rotatable bonds is 10. The largest absolute Gasteiger partial charge is 0.480 e. The Morgan fingerprint density at radius 3 is 1.88 bits per heavy atom. The molecule has 0 heterocycles. The minimum atomic E-state index is -1.13. The van der Waals surface area contributed by atoms with E-state index in [-0.39, 0.29) is 24.8 Å². The van der Waals surface area contributed by atoms with Crippen LogP contribution >= 0.6 is 0 Å². The van der Waals surface area contributed by atoms with Crippen LogP contribution in [0.2, 0.25) is 0 Å². The summed E-state index contributed by atoms with van der Waals surface area (Å²) in [5.74, 6) is -2.93. The van der Waals surface area contributed by atoms with Crippen LogP contribution in [-0.4, -0.2) is 53.5 Å². The lowest BCUT2D eigenvalue weighted by Gasteiger charge is -2.26. The Morgan fingerprint density at radius 1 is 0.920 bits per heavy atom. The highest BCUT2D eigenvalue weighted by molar-refractivity contribution is 5.93. The first-order chi connectivity index (χ1) is 11.5. The number of amides is 3. The molecule has 9 heteroatoms.